The van der Waals surface area contributed by atoms with Gasteiger partial charge in [0.25, 0.3) is 0 Å². The summed E-state index contributed by atoms with van der Waals surface area (Å²) in [6.45, 7) is 0. The second kappa shape index (κ2) is 12.9. The Kier molecular flexibility index (Phi) is 7.26. The Morgan fingerprint density at radius 3 is 1.78 bits per heavy atom. The van der Waals surface area contributed by atoms with Crippen LogP contribution in [0, 0.1) is 0 Å². The third kappa shape index (κ3) is 4.92. The highest BCUT2D eigenvalue weighted by Gasteiger charge is 2.27. The lowest BCUT2D eigenvalue weighted by Gasteiger charge is -2.29. The first kappa shape index (κ1) is 32.6. The minimum Gasteiger partial charge on any atom is -0.310 e. The first-order valence-electron chi connectivity index (χ1n) is 20.0. The Labute approximate surface area is 337 Å². The van der Waals surface area contributed by atoms with E-state index in [-0.39, 0.29) is 0 Å². The van der Waals surface area contributed by atoms with E-state index in [2.05, 4.69) is 228 Å². The maximum atomic E-state index is 2.47. The van der Waals surface area contributed by atoms with Crippen LogP contribution in [0.1, 0.15) is 0 Å². The van der Waals surface area contributed by atoms with Crippen molar-refractivity contribution in [2.45, 2.75) is 0 Å². The molecule has 0 saturated heterocycles. The van der Waals surface area contributed by atoms with Gasteiger partial charge in [0.15, 0.2) is 0 Å². The number of fused-ring (bicyclic) bond motifs is 8. The molecule has 0 unspecified atom stereocenters. The van der Waals surface area contributed by atoms with Crippen molar-refractivity contribution in [3.8, 4) is 50.2 Å². The van der Waals surface area contributed by atoms with Gasteiger partial charge in [-0.1, -0.05) is 170 Å². The number of hydrogen-bond acceptors (Lipinski definition) is 1. The number of hydrogen-bond donors (Lipinski definition) is 0. The zero-order valence-electron chi connectivity index (χ0n) is 31.7. The van der Waals surface area contributed by atoms with Gasteiger partial charge in [0.2, 0.25) is 0 Å². The molecule has 0 atom stereocenters. The van der Waals surface area contributed by atoms with Crippen LogP contribution in [0.15, 0.2) is 218 Å². The molecule has 11 aromatic rings. The zero-order chi connectivity index (χ0) is 38.2. The average molecular weight is 737 g/mol. The van der Waals surface area contributed by atoms with Gasteiger partial charge in [0, 0.05) is 33.3 Å². The number of benzene rings is 10. The van der Waals surface area contributed by atoms with E-state index in [0.717, 1.165) is 28.3 Å². The predicted molar refractivity (Wildman–Crippen MR) is 246 cm³/mol. The van der Waals surface area contributed by atoms with Crippen molar-refractivity contribution in [3.05, 3.63) is 218 Å². The van der Waals surface area contributed by atoms with Crippen LogP contribution in [0.2, 0.25) is 0 Å². The van der Waals surface area contributed by atoms with Crippen LogP contribution in [0.5, 0.6) is 0 Å². The summed E-state index contributed by atoms with van der Waals surface area (Å²) in [4.78, 5) is 2.47. The van der Waals surface area contributed by atoms with Crippen LogP contribution >= 0.6 is 0 Å². The van der Waals surface area contributed by atoms with E-state index in [4.69, 9.17) is 0 Å². The molecule has 270 valence electrons. The van der Waals surface area contributed by atoms with E-state index in [0.29, 0.717) is 0 Å². The molecule has 58 heavy (non-hydrogen) atoms. The molecule has 1 aliphatic rings. The summed E-state index contributed by atoms with van der Waals surface area (Å²) in [6.07, 6.45) is 0. The van der Waals surface area contributed by atoms with Gasteiger partial charge in [0.1, 0.15) is 0 Å². The molecular weight excluding hydrogens is 701 g/mol. The molecule has 0 N–H and O–H groups in total. The summed E-state index contributed by atoms with van der Waals surface area (Å²) in [5, 5.41) is 7.65. The highest BCUT2D eigenvalue weighted by Crippen LogP contribution is 2.53. The Balaban J connectivity index is 1.13. The summed E-state index contributed by atoms with van der Waals surface area (Å²) in [6, 6.07) is 80.0. The molecule has 1 aromatic heterocycles. The highest BCUT2D eigenvalue weighted by molar-refractivity contribution is 6.24. The maximum Gasteiger partial charge on any atom is 0.0562 e. The minimum absolute atomic E-state index is 1.09. The molecular formula is C56H36N2. The van der Waals surface area contributed by atoms with Crippen molar-refractivity contribution < 1.29 is 0 Å². The SMILES string of the molecule is c1ccc(-c2ccccc2N(c2ccc3c(c2)-c2cccc4cc5ccccc5c-3c24)c2ccc3c4ccccc4n(-c4ccccc4-c4ccccc4)c3c2)cc1. The van der Waals surface area contributed by atoms with Crippen LogP contribution in [0.25, 0.3) is 93.5 Å². The van der Waals surface area contributed by atoms with Gasteiger partial charge in [0.05, 0.1) is 22.4 Å². The van der Waals surface area contributed by atoms with Crippen LogP contribution in [-0.2, 0) is 0 Å². The fourth-order valence-corrected chi connectivity index (χ4v) is 9.58. The molecule has 0 saturated carbocycles. The molecule has 10 aromatic carbocycles. The molecule has 0 spiro atoms. The Bertz CT molecular complexity index is 3390. The van der Waals surface area contributed by atoms with Crippen LogP contribution in [0.3, 0.4) is 0 Å². The first-order chi connectivity index (χ1) is 28.8. The Hall–Kier alpha value is -7.68. The lowest BCUT2D eigenvalue weighted by atomic mass is 9.96. The second-order valence-corrected chi connectivity index (χ2v) is 15.3. The lowest BCUT2D eigenvalue weighted by molar-refractivity contribution is 1.18. The second-order valence-electron chi connectivity index (χ2n) is 15.3. The van der Waals surface area contributed by atoms with Crippen molar-refractivity contribution in [2.24, 2.45) is 0 Å². The van der Waals surface area contributed by atoms with E-state index in [1.807, 2.05) is 0 Å². The third-order valence-corrected chi connectivity index (χ3v) is 12.1. The molecule has 2 nitrogen and oxygen atoms in total. The number of nitrogens with zero attached hydrogens (tertiary/aromatic N) is 2. The smallest absolute Gasteiger partial charge is 0.0562 e. The fraction of sp³-hybridized carbons (Fsp3) is 0. The van der Waals surface area contributed by atoms with Crippen molar-refractivity contribution in [1.82, 2.24) is 4.57 Å². The fourth-order valence-electron chi connectivity index (χ4n) is 9.58. The quantitative estimate of drug-likeness (QED) is 0.154. The molecule has 12 rings (SSSR count). The molecule has 0 bridgehead atoms. The van der Waals surface area contributed by atoms with Crippen LogP contribution in [-0.4, -0.2) is 4.57 Å². The summed E-state index contributed by atoms with van der Waals surface area (Å²) in [5.74, 6) is 0. The van der Waals surface area contributed by atoms with Gasteiger partial charge >= 0.3 is 0 Å². The summed E-state index contributed by atoms with van der Waals surface area (Å²) in [7, 11) is 0. The third-order valence-electron chi connectivity index (χ3n) is 12.1. The molecule has 0 radical (unpaired) electrons. The summed E-state index contributed by atoms with van der Waals surface area (Å²) < 4.78 is 2.46. The van der Waals surface area contributed by atoms with Gasteiger partial charge in [-0.2, -0.15) is 0 Å². The van der Waals surface area contributed by atoms with Crippen molar-refractivity contribution in [3.63, 3.8) is 0 Å². The number of rotatable bonds is 6. The van der Waals surface area contributed by atoms with Gasteiger partial charge < -0.3 is 9.47 Å². The minimum atomic E-state index is 1.09. The molecule has 0 fully saturated rings. The number of anilines is 3. The van der Waals surface area contributed by atoms with E-state index >= 15 is 0 Å². The predicted octanol–water partition coefficient (Wildman–Crippen LogP) is 15.5. The Morgan fingerprint density at radius 2 is 0.931 bits per heavy atom. The van der Waals surface area contributed by atoms with E-state index in [9.17, 15) is 0 Å². The van der Waals surface area contributed by atoms with Crippen molar-refractivity contribution >= 4 is 60.4 Å². The summed E-state index contributed by atoms with van der Waals surface area (Å²) in [5.41, 5.74) is 16.8. The highest BCUT2D eigenvalue weighted by atomic mass is 15.1. The zero-order valence-corrected chi connectivity index (χ0v) is 31.7. The topological polar surface area (TPSA) is 8.17 Å². The normalized spacial score (nSPS) is 11.8. The molecule has 2 heteroatoms. The molecule has 0 aliphatic heterocycles. The van der Waals surface area contributed by atoms with Gasteiger partial charge in [-0.25, -0.2) is 0 Å². The average Bonchev–Trinajstić information content (AvgIpc) is 3.81. The Morgan fingerprint density at radius 1 is 0.328 bits per heavy atom. The lowest BCUT2D eigenvalue weighted by Crippen LogP contribution is -2.11. The first-order valence-corrected chi connectivity index (χ1v) is 20.0. The molecule has 1 heterocycles. The standard InChI is InChI=1S/C56H36N2/c1-3-16-37(17-4-1)43-22-9-12-27-51(43)57(41-31-33-49-50(35-41)48-26-15-21-40-34-39-20-7-8-24-45(39)56(49)55(40)48)42-30-32-47-46-25-11-14-29-53(46)58(54(47)36-42)52-28-13-10-23-44(52)38-18-5-2-6-19-38/h1-36H. The molecule has 1 aliphatic carbocycles. The van der Waals surface area contributed by atoms with E-state index < -0.39 is 0 Å². The molecule has 0 amide bonds. The number of para-hydroxylation sites is 3. The van der Waals surface area contributed by atoms with Gasteiger partial charge in [-0.3, -0.25) is 0 Å². The van der Waals surface area contributed by atoms with Crippen molar-refractivity contribution in [2.75, 3.05) is 4.90 Å². The monoisotopic (exact) mass is 736 g/mol. The van der Waals surface area contributed by atoms with Crippen LogP contribution < -0.4 is 4.90 Å². The van der Waals surface area contributed by atoms with Gasteiger partial charge in [-0.05, 0) is 103 Å². The van der Waals surface area contributed by atoms with E-state index in [1.165, 1.54) is 82.3 Å². The summed E-state index contributed by atoms with van der Waals surface area (Å²) >= 11 is 0. The number of aromatic nitrogens is 1. The largest absolute Gasteiger partial charge is 0.310 e. The van der Waals surface area contributed by atoms with Gasteiger partial charge in [-0.15, -0.1) is 0 Å². The van der Waals surface area contributed by atoms with E-state index in [1.54, 1.807) is 0 Å². The maximum absolute atomic E-state index is 2.47. The van der Waals surface area contributed by atoms with Crippen molar-refractivity contribution in [1.29, 1.82) is 0 Å². The van der Waals surface area contributed by atoms with Crippen LogP contribution in [0.4, 0.5) is 17.1 Å².